The average Bonchev–Trinajstić information content (AvgIpc) is 2.34. The van der Waals surface area contributed by atoms with Gasteiger partial charge in [-0.2, -0.15) is 0 Å². The molecule has 0 rings (SSSR count). The van der Waals surface area contributed by atoms with Crippen LogP contribution in [0.2, 0.25) is 0 Å². The minimum absolute atomic E-state index is 0.504. The van der Waals surface area contributed by atoms with Crippen molar-refractivity contribution >= 4 is 5.78 Å². The smallest absolute Gasteiger partial charge is 0.133 e. The number of unbranched alkanes of at least 4 members (excludes halogenated alkanes) is 5. The number of rotatable bonds is 12. The monoisotopic (exact) mass is 240 g/mol. The highest BCUT2D eigenvalue weighted by molar-refractivity contribution is 5.78. The second-order valence-corrected chi connectivity index (χ2v) is 5.32. The van der Waals surface area contributed by atoms with Crippen molar-refractivity contribution in [1.82, 2.24) is 0 Å². The highest BCUT2D eigenvalue weighted by Crippen LogP contribution is 2.18. The number of carbonyl (C=O) groups is 1. The van der Waals surface area contributed by atoms with Crippen molar-refractivity contribution in [2.45, 2.75) is 91.4 Å². The summed E-state index contributed by atoms with van der Waals surface area (Å²) in [5.41, 5.74) is 0. The van der Waals surface area contributed by atoms with Gasteiger partial charge in [0.15, 0.2) is 0 Å². The molecule has 0 aliphatic heterocycles. The molecular weight excluding hydrogens is 208 g/mol. The normalized spacial score (nSPS) is 12.6. The molecule has 0 fully saturated rings. The van der Waals surface area contributed by atoms with Crippen LogP contribution in [0.3, 0.4) is 0 Å². The summed E-state index contributed by atoms with van der Waals surface area (Å²) in [5.74, 6) is 1.16. The van der Waals surface area contributed by atoms with Crippen molar-refractivity contribution in [2.24, 2.45) is 5.92 Å². The van der Waals surface area contributed by atoms with Gasteiger partial charge < -0.3 is 0 Å². The summed E-state index contributed by atoms with van der Waals surface area (Å²) in [7, 11) is 0. The Labute approximate surface area is 108 Å². The third-order valence-corrected chi connectivity index (χ3v) is 3.62. The van der Waals surface area contributed by atoms with Gasteiger partial charge in [0.2, 0.25) is 0 Å². The topological polar surface area (TPSA) is 17.1 Å². The van der Waals surface area contributed by atoms with E-state index in [9.17, 15) is 4.79 Å². The largest absolute Gasteiger partial charge is 0.300 e. The molecule has 17 heavy (non-hydrogen) atoms. The van der Waals surface area contributed by atoms with Gasteiger partial charge in [0.1, 0.15) is 5.78 Å². The summed E-state index contributed by atoms with van der Waals surface area (Å²) >= 11 is 0. The Balaban J connectivity index is 3.53. The van der Waals surface area contributed by atoms with E-state index in [4.69, 9.17) is 0 Å². The lowest BCUT2D eigenvalue weighted by atomic mass is 9.92. The molecule has 1 unspecified atom stereocenters. The van der Waals surface area contributed by atoms with Gasteiger partial charge in [-0.05, 0) is 12.3 Å². The lowest BCUT2D eigenvalue weighted by Crippen LogP contribution is -2.07. The fourth-order valence-electron chi connectivity index (χ4n) is 2.29. The molecule has 0 radical (unpaired) electrons. The maximum atomic E-state index is 11.8. The highest BCUT2D eigenvalue weighted by Gasteiger charge is 2.11. The first kappa shape index (κ1) is 16.7. The molecule has 0 N–H and O–H groups in total. The van der Waals surface area contributed by atoms with Crippen LogP contribution in [-0.2, 0) is 4.79 Å². The van der Waals surface area contributed by atoms with Crippen LogP contribution in [0.4, 0.5) is 0 Å². The minimum atomic E-state index is 0.504. The summed E-state index contributed by atoms with van der Waals surface area (Å²) in [4.78, 5) is 11.8. The van der Waals surface area contributed by atoms with E-state index < -0.39 is 0 Å². The first-order valence-corrected chi connectivity index (χ1v) is 7.76. The molecule has 102 valence electrons. The molecule has 0 saturated heterocycles. The number of carbonyl (C=O) groups excluding carboxylic acids is 1. The fraction of sp³-hybridized carbons (Fsp3) is 0.938. The first-order chi connectivity index (χ1) is 8.24. The zero-order valence-corrected chi connectivity index (χ0v) is 12.3. The lowest BCUT2D eigenvalue weighted by molar-refractivity contribution is -0.120. The fourth-order valence-corrected chi connectivity index (χ4v) is 2.29. The second kappa shape index (κ2) is 12.1. The van der Waals surface area contributed by atoms with Crippen molar-refractivity contribution in [1.29, 1.82) is 0 Å². The van der Waals surface area contributed by atoms with Gasteiger partial charge >= 0.3 is 0 Å². The van der Waals surface area contributed by atoms with Crippen LogP contribution >= 0.6 is 0 Å². The predicted octanol–water partition coefficient (Wildman–Crippen LogP) is 5.52. The summed E-state index contributed by atoms with van der Waals surface area (Å²) in [6.07, 6.45) is 12.9. The maximum absolute atomic E-state index is 11.8. The molecule has 0 saturated carbocycles. The van der Waals surface area contributed by atoms with Crippen molar-refractivity contribution in [2.75, 3.05) is 0 Å². The Morgan fingerprint density at radius 1 is 0.882 bits per heavy atom. The Bertz CT molecular complexity index is 174. The van der Waals surface area contributed by atoms with E-state index in [0.717, 1.165) is 19.3 Å². The van der Waals surface area contributed by atoms with Crippen LogP contribution in [0.1, 0.15) is 91.4 Å². The Morgan fingerprint density at radius 2 is 1.53 bits per heavy atom. The van der Waals surface area contributed by atoms with Gasteiger partial charge in [0.25, 0.3) is 0 Å². The quantitative estimate of drug-likeness (QED) is 0.410. The van der Waals surface area contributed by atoms with Crippen LogP contribution in [0.25, 0.3) is 0 Å². The molecule has 0 aromatic rings. The number of ketones is 1. The molecule has 0 amide bonds. The van der Waals surface area contributed by atoms with Crippen LogP contribution in [-0.4, -0.2) is 5.78 Å². The van der Waals surface area contributed by atoms with Gasteiger partial charge in [-0.15, -0.1) is 0 Å². The number of hydrogen-bond acceptors (Lipinski definition) is 1. The van der Waals surface area contributed by atoms with E-state index in [1.807, 2.05) is 0 Å². The van der Waals surface area contributed by atoms with Crippen molar-refractivity contribution in [3.8, 4) is 0 Å². The molecule has 0 bridgehead atoms. The molecule has 0 spiro atoms. The van der Waals surface area contributed by atoms with Gasteiger partial charge in [-0.3, -0.25) is 4.79 Å². The zero-order chi connectivity index (χ0) is 12.9. The Hall–Kier alpha value is -0.330. The van der Waals surface area contributed by atoms with Crippen LogP contribution < -0.4 is 0 Å². The zero-order valence-electron chi connectivity index (χ0n) is 12.3. The Kier molecular flexibility index (Phi) is 11.9. The van der Waals surface area contributed by atoms with E-state index in [-0.39, 0.29) is 0 Å². The van der Waals surface area contributed by atoms with Crippen LogP contribution in [0, 0.1) is 5.92 Å². The summed E-state index contributed by atoms with van der Waals surface area (Å²) in [5, 5.41) is 0. The van der Waals surface area contributed by atoms with E-state index in [0.29, 0.717) is 11.7 Å². The van der Waals surface area contributed by atoms with Gasteiger partial charge in [0, 0.05) is 12.8 Å². The van der Waals surface area contributed by atoms with Crippen LogP contribution in [0.5, 0.6) is 0 Å². The minimum Gasteiger partial charge on any atom is -0.300 e. The summed E-state index contributed by atoms with van der Waals surface area (Å²) < 4.78 is 0. The first-order valence-electron chi connectivity index (χ1n) is 7.76. The molecule has 0 heterocycles. The summed E-state index contributed by atoms with van der Waals surface area (Å²) in [6.45, 7) is 6.67. The van der Waals surface area contributed by atoms with Gasteiger partial charge in [0.05, 0.1) is 0 Å². The molecule has 0 aliphatic rings. The lowest BCUT2D eigenvalue weighted by Gasteiger charge is -2.13. The average molecular weight is 240 g/mol. The SMILES string of the molecule is CCCCCCCC(=O)CC(CC)CCCC. The molecule has 1 heteroatoms. The second-order valence-electron chi connectivity index (χ2n) is 5.32. The molecule has 0 aliphatic carbocycles. The maximum Gasteiger partial charge on any atom is 0.133 e. The molecule has 0 aromatic carbocycles. The van der Waals surface area contributed by atoms with E-state index in [1.165, 1.54) is 51.4 Å². The van der Waals surface area contributed by atoms with E-state index in [2.05, 4.69) is 20.8 Å². The third-order valence-electron chi connectivity index (χ3n) is 3.62. The predicted molar refractivity (Wildman–Crippen MR) is 76.3 cm³/mol. The van der Waals surface area contributed by atoms with Gasteiger partial charge in [-0.25, -0.2) is 0 Å². The number of Topliss-reactive ketones (excluding diaryl/α,β-unsaturated/α-hetero) is 1. The van der Waals surface area contributed by atoms with Crippen molar-refractivity contribution in [3.05, 3.63) is 0 Å². The van der Waals surface area contributed by atoms with E-state index >= 15 is 0 Å². The third kappa shape index (κ3) is 10.5. The van der Waals surface area contributed by atoms with Crippen molar-refractivity contribution in [3.63, 3.8) is 0 Å². The highest BCUT2D eigenvalue weighted by atomic mass is 16.1. The molecule has 1 nitrogen and oxygen atoms in total. The standard InChI is InChI=1S/C16H32O/c1-4-7-9-10-11-13-16(17)14-15(6-3)12-8-5-2/h15H,4-14H2,1-3H3. The summed E-state index contributed by atoms with van der Waals surface area (Å²) in [6, 6.07) is 0. The molecule has 0 aromatic heterocycles. The Morgan fingerprint density at radius 3 is 2.12 bits per heavy atom. The van der Waals surface area contributed by atoms with Gasteiger partial charge in [-0.1, -0.05) is 72.1 Å². The van der Waals surface area contributed by atoms with E-state index in [1.54, 1.807) is 0 Å². The molecular formula is C16H32O. The number of hydrogen-bond donors (Lipinski definition) is 0. The molecule has 1 atom stereocenters. The van der Waals surface area contributed by atoms with Crippen molar-refractivity contribution < 1.29 is 4.79 Å². The van der Waals surface area contributed by atoms with Crippen LogP contribution in [0.15, 0.2) is 0 Å².